The van der Waals surface area contributed by atoms with Gasteiger partial charge >= 0.3 is 0 Å². The molecule has 1 N–H and O–H groups in total. The molecule has 1 heterocycles. The Bertz CT molecular complexity index is 160. The Kier molecular flexibility index (Phi) is 3.09. The summed E-state index contributed by atoms with van der Waals surface area (Å²) in [5.41, 5.74) is 0. The highest BCUT2D eigenvalue weighted by Crippen LogP contribution is 2.16. The molecule has 0 aliphatic carbocycles. The third kappa shape index (κ3) is 1.78. The standard InChI is InChI=1S/C9H17NO2/c1-3-7(4-2)9(12)10-5-8(11)6-10/h7-8,11H,3-6H2,1-2H3. The number of nitrogens with zero attached hydrogens (tertiary/aromatic N) is 1. The first-order valence-corrected chi connectivity index (χ1v) is 4.65. The fraction of sp³-hybridized carbons (Fsp3) is 0.889. The van der Waals surface area contributed by atoms with Gasteiger partial charge in [-0.15, -0.1) is 0 Å². The topological polar surface area (TPSA) is 40.5 Å². The zero-order chi connectivity index (χ0) is 9.14. The van der Waals surface area contributed by atoms with Crippen molar-refractivity contribution in [1.29, 1.82) is 0 Å². The summed E-state index contributed by atoms with van der Waals surface area (Å²) < 4.78 is 0. The van der Waals surface area contributed by atoms with Crippen LogP contribution in [0.3, 0.4) is 0 Å². The predicted molar refractivity (Wildman–Crippen MR) is 46.7 cm³/mol. The summed E-state index contributed by atoms with van der Waals surface area (Å²) in [6.07, 6.45) is 1.53. The minimum atomic E-state index is -0.275. The molecule has 0 aromatic carbocycles. The van der Waals surface area contributed by atoms with Gasteiger partial charge in [0.15, 0.2) is 0 Å². The maximum atomic E-state index is 11.5. The second-order valence-electron chi connectivity index (χ2n) is 3.41. The second-order valence-corrected chi connectivity index (χ2v) is 3.41. The van der Waals surface area contributed by atoms with Crippen molar-refractivity contribution in [2.24, 2.45) is 5.92 Å². The van der Waals surface area contributed by atoms with Crippen LogP contribution in [-0.4, -0.2) is 35.1 Å². The quantitative estimate of drug-likeness (QED) is 0.676. The van der Waals surface area contributed by atoms with E-state index in [1.807, 2.05) is 13.8 Å². The minimum absolute atomic E-state index is 0.164. The number of amides is 1. The number of aliphatic hydroxyl groups excluding tert-OH is 1. The summed E-state index contributed by atoms with van der Waals surface area (Å²) in [6.45, 7) is 5.13. The van der Waals surface area contributed by atoms with Gasteiger partial charge in [0.25, 0.3) is 0 Å². The van der Waals surface area contributed by atoms with E-state index in [1.165, 1.54) is 0 Å². The van der Waals surface area contributed by atoms with Gasteiger partial charge < -0.3 is 10.0 Å². The Morgan fingerprint density at radius 1 is 1.50 bits per heavy atom. The van der Waals surface area contributed by atoms with Gasteiger partial charge in [-0.25, -0.2) is 0 Å². The normalized spacial score (nSPS) is 18.2. The van der Waals surface area contributed by atoms with Crippen molar-refractivity contribution in [1.82, 2.24) is 4.90 Å². The van der Waals surface area contributed by atoms with Crippen LogP contribution >= 0.6 is 0 Å². The summed E-state index contributed by atoms with van der Waals surface area (Å²) in [6, 6.07) is 0. The van der Waals surface area contributed by atoms with Crippen LogP contribution in [0.1, 0.15) is 26.7 Å². The van der Waals surface area contributed by atoms with Gasteiger partial charge in [-0.3, -0.25) is 4.79 Å². The molecule has 1 saturated heterocycles. The third-order valence-corrected chi connectivity index (χ3v) is 2.51. The summed E-state index contributed by atoms with van der Waals surface area (Å²) in [5, 5.41) is 9.00. The zero-order valence-corrected chi connectivity index (χ0v) is 7.79. The Balaban J connectivity index is 2.36. The minimum Gasteiger partial charge on any atom is -0.389 e. The molecular formula is C9H17NO2. The van der Waals surface area contributed by atoms with Crippen molar-refractivity contribution in [2.45, 2.75) is 32.8 Å². The predicted octanol–water partition coefficient (Wildman–Crippen LogP) is 0.626. The Hall–Kier alpha value is -0.570. The summed E-state index contributed by atoms with van der Waals surface area (Å²) >= 11 is 0. The van der Waals surface area contributed by atoms with Crippen LogP contribution in [-0.2, 0) is 4.79 Å². The lowest BCUT2D eigenvalue weighted by atomic mass is 9.99. The van der Waals surface area contributed by atoms with Crippen LogP contribution in [0, 0.1) is 5.92 Å². The fourth-order valence-corrected chi connectivity index (χ4v) is 1.53. The van der Waals surface area contributed by atoms with Crippen molar-refractivity contribution in [2.75, 3.05) is 13.1 Å². The lowest BCUT2D eigenvalue weighted by Gasteiger charge is -2.37. The first kappa shape index (κ1) is 9.52. The number of hydrogen-bond donors (Lipinski definition) is 1. The highest BCUT2D eigenvalue weighted by molar-refractivity contribution is 5.79. The van der Waals surface area contributed by atoms with E-state index < -0.39 is 0 Å². The Labute approximate surface area is 73.4 Å². The van der Waals surface area contributed by atoms with Crippen LogP contribution in [0.2, 0.25) is 0 Å². The van der Waals surface area contributed by atoms with Crippen LogP contribution in [0.4, 0.5) is 0 Å². The van der Waals surface area contributed by atoms with Gasteiger partial charge in [0.05, 0.1) is 6.10 Å². The van der Waals surface area contributed by atoms with Gasteiger partial charge in [0.2, 0.25) is 5.91 Å². The number of carbonyl (C=O) groups is 1. The highest BCUT2D eigenvalue weighted by atomic mass is 16.3. The first-order valence-electron chi connectivity index (χ1n) is 4.65. The van der Waals surface area contributed by atoms with E-state index in [4.69, 9.17) is 5.11 Å². The molecule has 0 aromatic heterocycles. The first-order chi connectivity index (χ1) is 5.69. The lowest BCUT2D eigenvalue weighted by Crippen LogP contribution is -2.55. The number of aliphatic hydroxyl groups is 1. The second kappa shape index (κ2) is 3.90. The zero-order valence-electron chi connectivity index (χ0n) is 7.79. The molecule has 1 rings (SSSR count). The Morgan fingerprint density at radius 2 is 2.00 bits per heavy atom. The number of β-amino-alcohol motifs (C(OH)–C–C–N with tert-alkyl or cyclic N) is 1. The van der Waals surface area contributed by atoms with E-state index in [2.05, 4.69) is 0 Å². The number of likely N-dealkylation sites (tertiary alicyclic amines) is 1. The van der Waals surface area contributed by atoms with Crippen molar-refractivity contribution < 1.29 is 9.90 Å². The number of hydrogen-bond acceptors (Lipinski definition) is 2. The van der Waals surface area contributed by atoms with Crippen LogP contribution < -0.4 is 0 Å². The SMILES string of the molecule is CCC(CC)C(=O)N1CC(O)C1. The average molecular weight is 171 g/mol. The van der Waals surface area contributed by atoms with E-state index in [0.29, 0.717) is 13.1 Å². The average Bonchev–Trinajstić information content (AvgIpc) is 2.01. The molecule has 0 aromatic rings. The van der Waals surface area contributed by atoms with Gasteiger partial charge in [0, 0.05) is 19.0 Å². The molecule has 0 spiro atoms. The maximum Gasteiger partial charge on any atom is 0.225 e. The molecule has 12 heavy (non-hydrogen) atoms. The van der Waals surface area contributed by atoms with E-state index in [9.17, 15) is 4.79 Å². The van der Waals surface area contributed by atoms with Crippen LogP contribution in [0.5, 0.6) is 0 Å². The monoisotopic (exact) mass is 171 g/mol. The molecule has 0 bridgehead atoms. The van der Waals surface area contributed by atoms with Gasteiger partial charge in [-0.05, 0) is 12.8 Å². The molecule has 0 unspecified atom stereocenters. The molecular weight excluding hydrogens is 154 g/mol. The number of rotatable bonds is 3. The molecule has 0 radical (unpaired) electrons. The fourth-order valence-electron chi connectivity index (χ4n) is 1.53. The molecule has 0 atom stereocenters. The molecule has 1 amide bonds. The van der Waals surface area contributed by atoms with Gasteiger partial charge in [-0.2, -0.15) is 0 Å². The molecule has 1 fully saturated rings. The molecule has 3 nitrogen and oxygen atoms in total. The molecule has 1 aliphatic rings. The van der Waals surface area contributed by atoms with Gasteiger partial charge in [-0.1, -0.05) is 13.8 Å². The summed E-state index contributed by atoms with van der Waals surface area (Å²) in [7, 11) is 0. The smallest absolute Gasteiger partial charge is 0.225 e. The van der Waals surface area contributed by atoms with Crippen molar-refractivity contribution in [3.8, 4) is 0 Å². The van der Waals surface area contributed by atoms with Gasteiger partial charge in [0.1, 0.15) is 0 Å². The van der Waals surface area contributed by atoms with E-state index in [1.54, 1.807) is 4.90 Å². The molecule has 1 aliphatic heterocycles. The van der Waals surface area contributed by atoms with E-state index in [-0.39, 0.29) is 17.9 Å². The summed E-state index contributed by atoms with van der Waals surface area (Å²) in [5.74, 6) is 0.378. The van der Waals surface area contributed by atoms with Crippen LogP contribution in [0.25, 0.3) is 0 Å². The van der Waals surface area contributed by atoms with Crippen molar-refractivity contribution in [3.63, 3.8) is 0 Å². The molecule has 0 saturated carbocycles. The summed E-state index contributed by atoms with van der Waals surface area (Å²) in [4.78, 5) is 13.3. The largest absolute Gasteiger partial charge is 0.389 e. The molecule has 70 valence electrons. The Morgan fingerprint density at radius 3 is 2.33 bits per heavy atom. The van der Waals surface area contributed by atoms with Crippen LogP contribution in [0.15, 0.2) is 0 Å². The van der Waals surface area contributed by atoms with Crippen molar-refractivity contribution in [3.05, 3.63) is 0 Å². The lowest BCUT2D eigenvalue weighted by molar-refractivity contribution is -0.145. The van der Waals surface area contributed by atoms with Crippen molar-refractivity contribution >= 4 is 5.91 Å². The number of carbonyl (C=O) groups excluding carboxylic acids is 1. The molecule has 3 heteroatoms. The highest BCUT2D eigenvalue weighted by Gasteiger charge is 2.31. The van der Waals surface area contributed by atoms with E-state index in [0.717, 1.165) is 12.8 Å². The third-order valence-electron chi connectivity index (χ3n) is 2.51. The maximum absolute atomic E-state index is 11.5. The van der Waals surface area contributed by atoms with E-state index >= 15 is 0 Å².